The third-order valence-corrected chi connectivity index (χ3v) is 15.3. The molecule has 2 N–H and O–H groups in total. The first-order valence-electron chi connectivity index (χ1n) is 18.1. The maximum Gasteiger partial charge on any atom is 0.243 e. The van der Waals surface area contributed by atoms with Crippen LogP contribution in [-0.4, -0.2) is 73.4 Å². The molecule has 2 amide bonds. The highest BCUT2D eigenvalue weighted by atomic mass is 32.2. The topological polar surface area (TPSA) is 159 Å². The maximum atomic E-state index is 12.6. The minimum absolute atomic E-state index is 0. The molecule has 2 fully saturated rings. The van der Waals surface area contributed by atoms with Crippen molar-refractivity contribution in [1.82, 2.24) is 18.6 Å². The van der Waals surface area contributed by atoms with Crippen molar-refractivity contribution in [3.8, 4) is 22.5 Å². The molecule has 2 heterocycles. The molecule has 4 aromatic rings. The normalized spacial score (nSPS) is 15.2. The van der Waals surface area contributed by atoms with E-state index in [1.807, 2.05) is 38.5 Å². The van der Waals surface area contributed by atoms with Gasteiger partial charge >= 0.3 is 0 Å². The van der Waals surface area contributed by atoms with Crippen LogP contribution in [0.5, 0.6) is 0 Å². The Morgan fingerprint density at radius 3 is 1.26 bits per heavy atom. The van der Waals surface area contributed by atoms with Crippen molar-refractivity contribution < 1.29 is 29.3 Å². The largest absolute Gasteiger partial charge is 0.302 e. The second-order valence-corrected chi connectivity index (χ2v) is 18.5. The van der Waals surface area contributed by atoms with E-state index in [1.54, 1.807) is 48.5 Å². The fraction of sp³-hybridized carbons (Fsp3) is 0.459. The van der Waals surface area contributed by atoms with Crippen LogP contribution in [0.2, 0.25) is 0 Å². The standard InChI is InChI=1S/C19H25N3O3S2.C18H23N3O3S2.2H2/c1-3-22(4-2)27(24,25)16-11-9-14(10-12-16)17-13-26-19(20-17)21-18(23)15-7-5-6-8-15;1-3-21(4-2)26(23,24)15-10-8-13(9-11-15)16-12-25-18(19-16)20-17(22)14-6-5-7-14;;/h9-13,15H,3-8H2,1-2H3,(H,20,21,23);8-12,14H,3-7H2,1-2H3,(H,19,20,22);2*1H. The third kappa shape index (κ3) is 9.77. The predicted octanol–water partition coefficient (Wildman–Crippen LogP) is 8.04. The Bertz CT molecular complexity index is 2060. The van der Waals surface area contributed by atoms with E-state index in [2.05, 4.69) is 20.6 Å². The van der Waals surface area contributed by atoms with E-state index in [1.165, 1.54) is 31.3 Å². The number of hydrogen-bond acceptors (Lipinski definition) is 10. The van der Waals surface area contributed by atoms with Gasteiger partial charge in [0.15, 0.2) is 10.3 Å². The van der Waals surface area contributed by atoms with Crippen LogP contribution < -0.4 is 10.6 Å². The van der Waals surface area contributed by atoms with Gasteiger partial charge in [0.25, 0.3) is 0 Å². The van der Waals surface area contributed by atoms with Gasteiger partial charge in [-0.15, -0.1) is 22.7 Å². The first-order valence-corrected chi connectivity index (χ1v) is 22.8. The minimum atomic E-state index is -3.46. The van der Waals surface area contributed by atoms with E-state index in [-0.39, 0.29) is 36.3 Å². The zero-order chi connectivity index (χ0) is 38.2. The summed E-state index contributed by atoms with van der Waals surface area (Å²) in [5.74, 6) is 0.306. The van der Waals surface area contributed by atoms with E-state index in [4.69, 9.17) is 0 Å². The summed E-state index contributed by atoms with van der Waals surface area (Å²) in [5, 5.41) is 10.7. The van der Waals surface area contributed by atoms with E-state index in [9.17, 15) is 26.4 Å². The Labute approximate surface area is 324 Å². The molecule has 2 aromatic heterocycles. The van der Waals surface area contributed by atoms with Crippen LogP contribution in [0.3, 0.4) is 0 Å². The molecule has 2 aliphatic rings. The van der Waals surface area contributed by atoms with E-state index < -0.39 is 20.0 Å². The molecule has 0 spiro atoms. The molecule has 0 saturated heterocycles. The number of benzene rings is 2. The molecule has 2 aromatic carbocycles. The lowest BCUT2D eigenvalue weighted by atomic mass is 9.85. The minimum Gasteiger partial charge on any atom is -0.302 e. The Morgan fingerprint density at radius 2 is 0.962 bits per heavy atom. The lowest BCUT2D eigenvalue weighted by Gasteiger charge is -2.23. The van der Waals surface area contributed by atoms with Crippen molar-refractivity contribution in [3.63, 3.8) is 0 Å². The van der Waals surface area contributed by atoms with Crippen molar-refractivity contribution in [3.05, 3.63) is 59.3 Å². The second-order valence-electron chi connectivity index (χ2n) is 12.9. The molecule has 16 heteroatoms. The molecule has 0 atom stereocenters. The molecule has 53 heavy (non-hydrogen) atoms. The van der Waals surface area contributed by atoms with E-state index >= 15 is 0 Å². The summed E-state index contributed by atoms with van der Waals surface area (Å²) in [6.07, 6.45) is 7.15. The van der Waals surface area contributed by atoms with Crippen LogP contribution in [0.25, 0.3) is 22.5 Å². The van der Waals surface area contributed by atoms with Crippen molar-refractivity contribution in [2.45, 2.75) is 82.4 Å². The van der Waals surface area contributed by atoms with Crippen molar-refractivity contribution in [2.75, 3.05) is 36.8 Å². The highest BCUT2D eigenvalue weighted by Crippen LogP contribution is 2.32. The molecule has 12 nitrogen and oxygen atoms in total. The lowest BCUT2D eigenvalue weighted by Crippen LogP contribution is -2.30. The zero-order valence-corrected chi connectivity index (χ0v) is 33.8. The van der Waals surface area contributed by atoms with Gasteiger partial charge < -0.3 is 10.6 Å². The molecular weight excluding hydrogens is 753 g/mol. The van der Waals surface area contributed by atoms with Crippen LogP contribution >= 0.6 is 22.7 Å². The Hall–Kier alpha value is -3.54. The van der Waals surface area contributed by atoms with Crippen LogP contribution in [-0.2, 0) is 29.6 Å². The summed E-state index contributed by atoms with van der Waals surface area (Å²) >= 11 is 2.76. The second kappa shape index (κ2) is 18.2. The van der Waals surface area contributed by atoms with Gasteiger partial charge in [-0.25, -0.2) is 26.8 Å². The van der Waals surface area contributed by atoms with Crippen LogP contribution in [0, 0.1) is 11.8 Å². The number of aromatic nitrogens is 2. The fourth-order valence-corrected chi connectivity index (χ4v) is 10.6. The highest BCUT2D eigenvalue weighted by molar-refractivity contribution is 7.89. The van der Waals surface area contributed by atoms with Crippen molar-refractivity contribution in [2.24, 2.45) is 11.8 Å². The first-order chi connectivity index (χ1) is 25.4. The average Bonchev–Trinajstić information content (AvgIpc) is 3.92. The first kappa shape index (κ1) is 40.6. The van der Waals surface area contributed by atoms with Crippen LogP contribution in [0.15, 0.2) is 69.1 Å². The monoisotopic (exact) mass is 804 g/mol. The van der Waals surface area contributed by atoms with Crippen LogP contribution in [0.1, 0.15) is 75.5 Å². The van der Waals surface area contributed by atoms with Crippen molar-refractivity contribution >= 4 is 64.8 Å². The number of anilines is 2. The Kier molecular flexibility index (Phi) is 13.9. The van der Waals surface area contributed by atoms with Gasteiger partial charge in [0.2, 0.25) is 31.9 Å². The highest BCUT2D eigenvalue weighted by Gasteiger charge is 2.27. The number of hydrogen-bond donors (Lipinski definition) is 2. The molecule has 290 valence electrons. The molecule has 0 bridgehead atoms. The SMILES string of the molecule is CCN(CC)S(=O)(=O)c1ccc(-c2csc(NC(=O)C3CCC3)n2)cc1.CCN(CC)S(=O)(=O)c1ccc(-c2csc(NC(=O)C3CCCC3)n2)cc1.[HH].[HH]. The molecule has 2 aliphatic carbocycles. The quantitative estimate of drug-likeness (QED) is 0.130. The zero-order valence-electron chi connectivity index (χ0n) is 30.6. The van der Waals surface area contributed by atoms with Gasteiger partial charge in [0, 0.05) is 62.8 Å². The lowest BCUT2D eigenvalue weighted by molar-refractivity contribution is -0.122. The molecule has 6 rings (SSSR count). The smallest absolute Gasteiger partial charge is 0.243 e. The number of rotatable bonds is 14. The van der Waals surface area contributed by atoms with Gasteiger partial charge in [-0.2, -0.15) is 8.61 Å². The number of nitrogens with zero attached hydrogens (tertiary/aromatic N) is 4. The van der Waals surface area contributed by atoms with Gasteiger partial charge in [0.05, 0.1) is 21.2 Å². The van der Waals surface area contributed by atoms with Crippen molar-refractivity contribution in [1.29, 1.82) is 0 Å². The maximum absolute atomic E-state index is 12.6. The number of thiazole rings is 2. The fourth-order valence-electron chi connectivity index (χ4n) is 6.22. The molecule has 0 radical (unpaired) electrons. The number of carbonyl (C=O) groups excluding carboxylic acids is 2. The number of amides is 2. The Balaban J connectivity index is 0.000000285. The Morgan fingerprint density at radius 1 is 0.623 bits per heavy atom. The van der Waals surface area contributed by atoms with Gasteiger partial charge in [-0.3, -0.25) is 9.59 Å². The molecule has 0 unspecified atom stereocenters. The van der Waals surface area contributed by atoms with Gasteiger partial charge in [0.1, 0.15) is 0 Å². The summed E-state index contributed by atoms with van der Waals surface area (Å²) < 4.78 is 53.0. The molecule has 0 aliphatic heterocycles. The number of carbonyl (C=O) groups is 2. The molecular formula is C37H52N6O6S4. The summed E-state index contributed by atoms with van der Waals surface area (Å²) in [6.45, 7) is 9.06. The van der Waals surface area contributed by atoms with E-state index in [0.29, 0.717) is 36.4 Å². The number of sulfonamides is 2. The summed E-state index contributed by atoms with van der Waals surface area (Å²) in [7, 11) is -6.92. The number of nitrogens with one attached hydrogen (secondary N) is 2. The predicted molar refractivity (Wildman–Crippen MR) is 216 cm³/mol. The van der Waals surface area contributed by atoms with Crippen LogP contribution in [0.4, 0.5) is 10.3 Å². The third-order valence-electron chi connectivity index (χ3n) is 9.66. The van der Waals surface area contributed by atoms with Gasteiger partial charge in [-0.1, -0.05) is 71.2 Å². The summed E-state index contributed by atoms with van der Waals surface area (Å²) in [5.41, 5.74) is 3.11. The summed E-state index contributed by atoms with van der Waals surface area (Å²) in [4.78, 5) is 33.7. The van der Waals surface area contributed by atoms with E-state index in [0.717, 1.165) is 67.5 Å². The average molecular weight is 805 g/mol. The summed E-state index contributed by atoms with van der Waals surface area (Å²) in [6, 6.07) is 13.5. The molecule has 2 saturated carbocycles. The van der Waals surface area contributed by atoms with Gasteiger partial charge in [-0.05, 0) is 49.9 Å².